The Morgan fingerprint density at radius 1 is 1.52 bits per heavy atom. The van der Waals surface area contributed by atoms with Gasteiger partial charge in [0.2, 0.25) is 11.9 Å². The summed E-state index contributed by atoms with van der Waals surface area (Å²) in [5.74, 6) is -0.599. The summed E-state index contributed by atoms with van der Waals surface area (Å²) in [5, 5.41) is 13.2. The number of H-pyrrole nitrogens is 1. The average molecular weight is 427 g/mol. The van der Waals surface area contributed by atoms with E-state index in [0.717, 1.165) is 0 Å². The first-order valence-corrected chi connectivity index (χ1v) is 12.1. The lowest BCUT2D eigenvalue weighted by atomic mass is 10.2. The maximum Gasteiger partial charge on any atom is 0.280 e. The molecular weight excluding hydrogens is 401 g/mol. The van der Waals surface area contributed by atoms with Gasteiger partial charge in [0.05, 0.1) is 26.7 Å². The van der Waals surface area contributed by atoms with Crippen LogP contribution in [0.2, 0.25) is 0 Å². The predicted octanol–water partition coefficient (Wildman–Crippen LogP) is 0.612. The number of aromatic amines is 1. The highest BCUT2D eigenvalue weighted by Gasteiger charge is 2.39. The molecule has 3 atom stereocenters. The fourth-order valence-corrected chi connectivity index (χ4v) is 3.37. The maximum absolute atomic E-state index is 12.3. The van der Waals surface area contributed by atoms with Crippen LogP contribution in [-0.4, -0.2) is 75.4 Å². The third-order valence-electron chi connectivity index (χ3n) is 4.54. The second kappa shape index (κ2) is 8.35. The molecule has 1 amide bonds. The van der Waals surface area contributed by atoms with Gasteiger partial charge in [0, 0.05) is 12.1 Å². The van der Waals surface area contributed by atoms with E-state index >= 15 is 0 Å². The van der Waals surface area contributed by atoms with E-state index in [1.807, 2.05) is 0 Å². The molecule has 2 aromatic rings. The Morgan fingerprint density at radius 2 is 2.24 bits per heavy atom. The number of nitrogens with zero attached hydrogens (tertiary/aromatic N) is 3. The lowest BCUT2D eigenvalue weighted by Gasteiger charge is -2.19. The van der Waals surface area contributed by atoms with E-state index in [-0.39, 0.29) is 42.2 Å². The Kier molecular flexibility index (Phi) is 6.23. The van der Waals surface area contributed by atoms with Gasteiger partial charge in [-0.1, -0.05) is 13.8 Å². The second-order valence-electron chi connectivity index (χ2n) is 7.80. The first kappa shape index (κ1) is 21.6. The number of aromatic nitrogens is 4. The number of aliphatic hydroxyl groups excluding tert-OH is 1. The average Bonchev–Trinajstić information content (AvgIpc) is 3.18. The minimum Gasteiger partial charge on any atom is -0.386 e. The first-order valence-electron chi connectivity index (χ1n) is 9.30. The molecule has 0 bridgehead atoms. The summed E-state index contributed by atoms with van der Waals surface area (Å²) in [5.41, 5.74) is -0.288. The van der Waals surface area contributed by atoms with Crippen LogP contribution in [0.1, 0.15) is 20.1 Å². The molecule has 2 aromatic heterocycles. The third kappa shape index (κ3) is 4.92. The van der Waals surface area contributed by atoms with Crippen molar-refractivity contribution in [1.82, 2.24) is 19.5 Å². The van der Waals surface area contributed by atoms with Crippen LogP contribution in [0.3, 0.4) is 0 Å². The van der Waals surface area contributed by atoms with E-state index in [2.05, 4.69) is 20.3 Å². The van der Waals surface area contributed by atoms with E-state index in [1.54, 1.807) is 27.2 Å². The second-order valence-corrected chi connectivity index (χ2v) is 11.4. The van der Waals surface area contributed by atoms with Gasteiger partial charge in [-0.3, -0.25) is 24.5 Å². The van der Waals surface area contributed by atoms with Crippen molar-refractivity contribution in [1.29, 1.82) is 0 Å². The number of imidazole rings is 1. The molecule has 3 heterocycles. The highest BCUT2D eigenvalue weighted by atomic mass is 31.2. The minimum absolute atomic E-state index is 0.00937. The quantitative estimate of drug-likeness (QED) is 0.545. The zero-order valence-electron chi connectivity index (χ0n) is 16.8. The van der Waals surface area contributed by atoms with Crippen molar-refractivity contribution in [3.8, 4) is 0 Å². The lowest BCUT2D eigenvalue weighted by Crippen LogP contribution is -2.31. The van der Waals surface area contributed by atoms with Gasteiger partial charge in [0.25, 0.3) is 5.56 Å². The number of rotatable bonds is 7. The summed E-state index contributed by atoms with van der Waals surface area (Å²) in [6.45, 7) is 7.16. The number of nitrogens with one attached hydrogen (secondary N) is 2. The number of carbonyl (C=O) groups excluding carboxylic acids is 1. The Labute approximate surface area is 167 Å². The minimum atomic E-state index is -2.21. The van der Waals surface area contributed by atoms with Crippen molar-refractivity contribution < 1.29 is 23.9 Å². The summed E-state index contributed by atoms with van der Waals surface area (Å²) in [6.07, 6.45) is -0.738. The molecule has 1 aliphatic heterocycles. The molecule has 1 fully saturated rings. The van der Waals surface area contributed by atoms with Crippen LogP contribution in [0.15, 0.2) is 11.1 Å². The predicted molar refractivity (Wildman–Crippen MR) is 107 cm³/mol. The Balaban J connectivity index is 1.81. The molecule has 29 heavy (non-hydrogen) atoms. The zero-order valence-corrected chi connectivity index (χ0v) is 17.7. The van der Waals surface area contributed by atoms with Crippen molar-refractivity contribution in [2.45, 2.75) is 32.3 Å². The Morgan fingerprint density at radius 3 is 2.90 bits per heavy atom. The molecule has 11 nitrogen and oxygen atoms in total. The van der Waals surface area contributed by atoms with Gasteiger partial charge in [0.15, 0.2) is 17.4 Å². The molecule has 3 N–H and O–H groups in total. The molecule has 0 aromatic carbocycles. The van der Waals surface area contributed by atoms with Crippen molar-refractivity contribution in [3.63, 3.8) is 0 Å². The molecule has 160 valence electrons. The van der Waals surface area contributed by atoms with Crippen LogP contribution in [0.4, 0.5) is 5.95 Å². The molecular formula is C17H26N5O6P. The SMILES string of the molecule is CC(C)C(=O)Nc1nc2c(ncn2[C@@H]2OC[C@H](OCCP(C)(C)=O)[C@H]2O)c(=O)[nH]1. The number of anilines is 1. The van der Waals surface area contributed by atoms with Crippen LogP contribution in [0.5, 0.6) is 0 Å². The number of aliphatic hydroxyl groups is 1. The van der Waals surface area contributed by atoms with Crippen molar-refractivity contribution in [2.75, 3.05) is 38.0 Å². The van der Waals surface area contributed by atoms with Crippen LogP contribution in [0, 0.1) is 5.92 Å². The molecule has 3 rings (SSSR count). The van der Waals surface area contributed by atoms with Crippen molar-refractivity contribution >= 4 is 30.2 Å². The highest BCUT2D eigenvalue weighted by Crippen LogP contribution is 2.35. The Bertz CT molecular complexity index is 996. The number of ether oxygens (including phenoxy) is 2. The highest BCUT2D eigenvalue weighted by molar-refractivity contribution is 7.62. The number of hydrogen-bond donors (Lipinski definition) is 3. The molecule has 0 spiro atoms. The van der Waals surface area contributed by atoms with Gasteiger partial charge in [-0.25, -0.2) is 4.98 Å². The summed E-state index contributed by atoms with van der Waals surface area (Å²) in [6, 6.07) is 0. The summed E-state index contributed by atoms with van der Waals surface area (Å²) in [4.78, 5) is 35.0. The molecule has 1 aliphatic rings. The molecule has 0 aliphatic carbocycles. The van der Waals surface area contributed by atoms with Gasteiger partial charge in [-0.15, -0.1) is 0 Å². The Hall–Kier alpha value is -2.07. The third-order valence-corrected chi connectivity index (χ3v) is 5.80. The van der Waals surface area contributed by atoms with E-state index in [9.17, 15) is 19.3 Å². The van der Waals surface area contributed by atoms with Crippen molar-refractivity contribution in [2.24, 2.45) is 5.92 Å². The van der Waals surface area contributed by atoms with E-state index in [0.29, 0.717) is 6.16 Å². The standard InChI is InChI=1S/C17H26N5O6P/c1-9(2)14(24)20-17-19-13-11(15(25)21-17)18-8-22(13)16-12(23)10(7-28-16)27-5-6-29(3,4)26/h8-10,12,16,23H,5-7H2,1-4H3,(H2,19,20,21,24,25)/t10-,12+,16+/m0/s1. The molecule has 0 unspecified atom stereocenters. The fraction of sp³-hybridized carbons (Fsp3) is 0.647. The lowest BCUT2D eigenvalue weighted by molar-refractivity contribution is -0.118. The topological polar surface area (TPSA) is 148 Å². The summed E-state index contributed by atoms with van der Waals surface area (Å²) in [7, 11) is -2.21. The monoisotopic (exact) mass is 427 g/mol. The fourth-order valence-electron chi connectivity index (χ4n) is 2.82. The van der Waals surface area contributed by atoms with Gasteiger partial charge in [0.1, 0.15) is 12.2 Å². The van der Waals surface area contributed by atoms with Crippen molar-refractivity contribution in [3.05, 3.63) is 16.7 Å². The van der Waals surface area contributed by atoms with Gasteiger partial charge >= 0.3 is 0 Å². The van der Waals surface area contributed by atoms with Crippen LogP contribution in [0.25, 0.3) is 11.2 Å². The van der Waals surface area contributed by atoms with E-state index in [1.165, 1.54) is 10.9 Å². The van der Waals surface area contributed by atoms with Crippen LogP contribution in [-0.2, 0) is 18.8 Å². The normalized spacial score (nSPS) is 22.5. The smallest absolute Gasteiger partial charge is 0.280 e. The zero-order chi connectivity index (χ0) is 21.3. The first-order chi connectivity index (χ1) is 13.6. The summed E-state index contributed by atoms with van der Waals surface area (Å²) < 4.78 is 24.5. The summed E-state index contributed by atoms with van der Waals surface area (Å²) >= 11 is 0. The molecule has 1 saturated heterocycles. The number of carbonyl (C=O) groups is 1. The number of fused-ring (bicyclic) bond motifs is 1. The van der Waals surface area contributed by atoms with Gasteiger partial charge in [-0.2, -0.15) is 4.98 Å². The number of amides is 1. The maximum atomic E-state index is 12.3. The molecule has 12 heteroatoms. The van der Waals surface area contributed by atoms with Gasteiger partial charge < -0.3 is 19.1 Å². The van der Waals surface area contributed by atoms with E-state index < -0.39 is 31.1 Å². The number of hydrogen-bond acceptors (Lipinski definition) is 8. The van der Waals surface area contributed by atoms with E-state index in [4.69, 9.17) is 9.47 Å². The van der Waals surface area contributed by atoms with Crippen LogP contribution >= 0.6 is 7.14 Å². The van der Waals surface area contributed by atoms with Crippen LogP contribution < -0.4 is 10.9 Å². The largest absolute Gasteiger partial charge is 0.386 e. The molecule has 0 saturated carbocycles. The van der Waals surface area contributed by atoms with Gasteiger partial charge in [-0.05, 0) is 13.3 Å². The molecule has 0 radical (unpaired) electrons.